The number of amides is 2. The zero-order valence-electron chi connectivity index (χ0n) is 25.7. The molecule has 4 aromatic rings. The molecule has 0 spiro atoms. The number of urea groups is 1. The van der Waals surface area contributed by atoms with Crippen LogP contribution in [0.3, 0.4) is 0 Å². The molecule has 0 unspecified atom stereocenters. The predicted molar refractivity (Wildman–Crippen MR) is 147 cm³/mol. The lowest BCUT2D eigenvalue weighted by atomic mass is 9.92. The fourth-order valence-corrected chi connectivity index (χ4v) is 6.24. The second-order valence-electron chi connectivity index (χ2n) is 10.8. The third kappa shape index (κ3) is 4.44. The van der Waals surface area contributed by atoms with E-state index in [4.69, 9.17) is 18.4 Å². The van der Waals surface area contributed by atoms with Crippen molar-refractivity contribution in [1.29, 1.82) is 0 Å². The molecule has 6 rings (SSSR count). The Bertz CT molecular complexity index is 1660. The van der Waals surface area contributed by atoms with Gasteiger partial charge in [0.2, 0.25) is 0 Å². The largest absolute Gasteiger partial charge is 0.381 e. The molecule has 2 aliphatic rings. The number of benzene rings is 2. The summed E-state index contributed by atoms with van der Waals surface area (Å²) in [6.45, 7) is 4.19. The zero-order valence-corrected chi connectivity index (χ0v) is 22.7. The molecule has 1 aliphatic carbocycles. The summed E-state index contributed by atoms with van der Waals surface area (Å²) >= 11 is 0. The highest BCUT2D eigenvalue weighted by atomic mass is 19.2. The molecule has 2 aromatic carbocycles. The quantitative estimate of drug-likeness (QED) is 0.275. The first-order valence-corrected chi connectivity index (χ1v) is 13.5. The second-order valence-corrected chi connectivity index (χ2v) is 10.8. The molecule has 2 fully saturated rings. The number of anilines is 1. The van der Waals surface area contributed by atoms with Crippen LogP contribution in [0.4, 0.5) is 19.3 Å². The van der Waals surface area contributed by atoms with Crippen LogP contribution in [0.25, 0.3) is 22.2 Å². The van der Waals surface area contributed by atoms with Gasteiger partial charge in [-0.3, -0.25) is 4.90 Å². The molecule has 1 saturated carbocycles. The van der Waals surface area contributed by atoms with Crippen molar-refractivity contribution in [1.82, 2.24) is 19.6 Å². The number of halogens is 2. The highest BCUT2D eigenvalue weighted by molar-refractivity contribution is 5.94. The normalized spacial score (nSPS) is 23.4. The number of methoxy groups -OCH3 is 1. The summed E-state index contributed by atoms with van der Waals surface area (Å²) in [7, 11) is -0.783. The van der Waals surface area contributed by atoms with Crippen LogP contribution in [0.1, 0.15) is 65.6 Å². The monoisotopic (exact) mass is 552 g/mol. The SMILES string of the molecule is [2H]C([2H])([2H])OC1CCC(n2c([C@@H]3CCN(C)C(=O)N3c3ccc(F)c(F)c3)nc3cc(-c4c(C)noc4C)ccc32)CC1. The summed E-state index contributed by atoms with van der Waals surface area (Å²) in [4.78, 5) is 21.7. The molecule has 8 nitrogen and oxygen atoms in total. The van der Waals surface area contributed by atoms with Crippen LogP contribution >= 0.6 is 0 Å². The summed E-state index contributed by atoms with van der Waals surface area (Å²) in [6, 6.07) is 8.50. The van der Waals surface area contributed by atoms with Gasteiger partial charge in [-0.2, -0.15) is 0 Å². The summed E-state index contributed by atoms with van der Waals surface area (Å²) in [6.07, 6.45) is 2.54. The smallest absolute Gasteiger partial charge is 0.324 e. The Kier molecular flexibility index (Phi) is 5.92. The minimum atomic E-state index is -2.46. The zero-order chi connectivity index (χ0) is 30.6. The van der Waals surface area contributed by atoms with Gasteiger partial charge < -0.3 is 18.7 Å². The molecule has 1 atom stereocenters. The predicted octanol–water partition coefficient (Wildman–Crippen LogP) is 6.72. The molecule has 0 radical (unpaired) electrons. The van der Waals surface area contributed by atoms with E-state index in [1.807, 2.05) is 32.0 Å². The number of aromatic nitrogens is 3. The molecular weight excluding hydrogens is 516 g/mol. The highest BCUT2D eigenvalue weighted by Crippen LogP contribution is 2.41. The Morgan fingerprint density at radius 3 is 2.55 bits per heavy atom. The van der Waals surface area contributed by atoms with Gasteiger partial charge in [-0.15, -0.1) is 0 Å². The van der Waals surface area contributed by atoms with Crippen LogP contribution in [0.15, 0.2) is 40.9 Å². The molecule has 2 aromatic heterocycles. The van der Waals surface area contributed by atoms with E-state index < -0.39 is 24.7 Å². The van der Waals surface area contributed by atoms with Crippen LogP contribution in [0, 0.1) is 25.5 Å². The molecule has 10 heteroatoms. The van der Waals surface area contributed by atoms with Crippen molar-refractivity contribution in [3.63, 3.8) is 0 Å². The average Bonchev–Trinajstić information content (AvgIpc) is 3.50. The van der Waals surface area contributed by atoms with Crippen molar-refractivity contribution >= 4 is 22.8 Å². The number of ether oxygens (including phenoxy) is 1. The molecule has 1 saturated heterocycles. The fraction of sp³-hybridized carbons (Fsp3) is 0.433. The second kappa shape index (κ2) is 10.3. The molecule has 2 amide bonds. The first-order valence-electron chi connectivity index (χ1n) is 15.0. The van der Waals surface area contributed by atoms with Crippen molar-refractivity contribution in [2.45, 2.75) is 64.1 Å². The number of hydrogen-bond donors (Lipinski definition) is 0. The minimum Gasteiger partial charge on any atom is -0.381 e. The van der Waals surface area contributed by atoms with Crippen molar-refractivity contribution in [2.24, 2.45) is 0 Å². The summed E-state index contributed by atoms with van der Waals surface area (Å²) in [5.74, 6) is -0.706. The number of aryl methyl sites for hydroxylation is 2. The number of hydrogen-bond acceptors (Lipinski definition) is 5. The molecule has 0 bridgehead atoms. The average molecular weight is 553 g/mol. The van der Waals surface area contributed by atoms with Crippen LogP contribution in [0.5, 0.6) is 0 Å². The van der Waals surface area contributed by atoms with Gasteiger partial charge in [0.15, 0.2) is 11.6 Å². The van der Waals surface area contributed by atoms with Gasteiger partial charge in [0.25, 0.3) is 0 Å². The topological polar surface area (TPSA) is 76.6 Å². The van der Waals surface area contributed by atoms with E-state index in [1.165, 1.54) is 11.0 Å². The third-order valence-electron chi connectivity index (χ3n) is 8.28. The van der Waals surface area contributed by atoms with Gasteiger partial charge >= 0.3 is 6.03 Å². The van der Waals surface area contributed by atoms with Gasteiger partial charge in [0.05, 0.1) is 33.0 Å². The van der Waals surface area contributed by atoms with Gasteiger partial charge in [-0.1, -0.05) is 11.2 Å². The molecule has 3 heterocycles. The van der Waals surface area contributed by atoms with Gasteiger partial charge in [0.1, 0.15) is 11.6 Å². The van der Waals surface area contributed by atoms with E-state index in [0.29, 0.717) is 55.8 Å². The number of carbonyl (C=O) groups is 1. The van der Waals surface area contributed by atoms with Crippen molar-refractivity contribution in [3.05, 3.63) is 65.3 Å². The summed E-state index contributed by atoms with van der Waals surface area (Å²) in [5, 5.41) is 4.09. The first kappa shape index (κ1) is 23.0. The third-order valence-corrected chi connectivity index (χ3v) is 8.28. The van der Waals surface area contributed by atoms with E-state index in [9.17, 15) is 13.6 Å². The lowest BCUT2D eigenvalue weighted by Gasteiger charge is -2.40. The molecule has 1 aliphatic heterocycles. The lowest BCUT2D eigenvalue weighted by Crippen LogP contribution is -2.50. The number of imidazole rings is 1. The standard InChI is InChI=1S/C30H33F2N5O3/c1-17-28(18(2)40-34-17)19-5-12-26-25(15-19)33-29(36(26)20-6-9-22(39-4)10-7-20)27-13-14-35(3)30(38)37(27)21-8-11-23(31)24(32)16-21/h5,8,11-12,15-16,20,22,27H,6-7,9-10,13-14H2,1-4H3/t20?,22?,27-/m0/s1/i4D3. The Hall–Kier alpha value is -3.79. The maximum absolute atomic E-state index is 14.4. The van der Waals surface area contributed by atoms with Gasteiger partial charge in [0, 0.05) is 44.0 Å². The minimum absolute atomic E-state index is 0.0390. The Morgan fingerprint density at radius 2 is 1.85 bits per heavy atom. The Labute approximate surface area is 235 Å². The molecule has 210 valence electrons. The Morgan fingerprint density at radius 1 is 1.05 bits per heavy atom. The van der Waals surface area contributed by atoms with Crippen LogP contribution in [-0.4, -0.2) is 52.4 Å². The first-order chi connectivity index (χ1) is 20.4. The summed E-state index contributed by atoms with van der Waals surface area (Å²) < 4.78 is 63.7. The Balaban J connectivity index is 1.47. The van der Waals surface area contributed by atoms with Gasteiger partial charge in [-0.25, -0.2) is 18.6 Å². The fourth-order valence-electron chi connectivity index (χ4n) is 6.24. The van der Waals surface area contributed by atoms with E-state index in [-0.39, 0.29) is 23.9 Å². The van der Waals surface area contributed by atoms with E-state index >= 15 is 0 Å². The number of rotatable bonds is 5. The van der Waals surface area contributed by atoms with Gasteiger partial charge in [-0.05, 0) is 75.8 Å². The van der Waals surface area contributed by atoms with E-state index in [2.05, 4.69) is 9.72 Å². The molecule has 40 heavy (non-hydrogen) atoms. The van der Waals surface area contributed by atoms with Crippen LogP contribution in [-0.2, 0) is 4.74 Å². The number of nitrogens with zero attached hydrogens (tertiary/aromatic N) is 5. The highest BCUT2D eigenvalue weighted by Gasteiger charge is 2.38. The van der Waals surface area contributed by atoms with Crippen LogP contribution < -0.4 is 4.90 Å². The molecule has 0 N–H and O–H groups in total. The van der Waals surface area contributed by atoms with Crippen LogP contribution in [0.2, 0.25) is 0 Å². The van der Waals surface area contributed by atoms with Crippen molar-refractivity contribution in [3.8, 4) is 11.1 Å². The maximum Gasteiger partial charge on any atom is 0.324 e. The lowest BCUT2D eigenvalue weighted by molar-refractivity contribution is 0.0583. The number of carbonyl (C=O) groups excluding carboxylic acids is 1. The number of fused-ring (bicyclic) bond motifs is 1. The summed E-state index contributed by atoms with van der Waals surface area (Å²) in [5.41, 5.74) is 4.36. The van der Waals surface area contributed by atoms with E-state index in [1.54, 1.807) is 11.9 Å². The van der Waals surface area contributed by atoms with Crippen molar-refractivity contribution in [2.75, 3.05) is 25.5 Å². The maximum atomic E-state index is 14.4. The van der Waals surface area contributed by atoms with E-state index in [0.717, 1.165) is 34.5 Å². The van der Waals surface area contributed by atoms with Crippen molar-refractivity contribution < 1.29 is 26.9 Å². The molecular formula is C30H33F2N5O3.